The van der Waals surface area contributed by atoms with Crippen LogP contribution in [0.2, 0.25) is 5.02 Å². The third-order valence-corrected chi connectivity index (χ3v) is 5.18. The molecule has 2 N–H and O–H groups in total. The minimum atomic E-state index is 0.201. The van der Waals surface area contributed by atoms with Gasteiger partial charge in [-0.25, -0.2) is 0 Å². The maximum atomic E-state index is 10.1. The Morgan fingerprint density at radius 3 is 2.48 bits per heavy atom. The number of halogens is 1. The van der Waals surface area contributed by atoms with Gasteiger partial charge >= 0.3 is 0 Å². The Kier molecular flexibility index (Phi) is 3.52. The molecular formula is C23H15ClO3. The summed E-state index contributed by atoms with van der Waals surface area (Å²) in [7, 11) is 0. The molecule has 0 saturated heterocycles. The van der Waals surface area contributed by atoms with Crippen LogP contribution in [-0.4, -0.2) is 10.2 Å². The molecule has 0 spiro atoms. The van der Waals surface area contributed by atoms with Crippen LogP contribution in [0.5, 0.6) is 17.2 Å². The van der Waals surface area contributed by atoms with Gasteiger partial charge in [0.25, 0.3) is 0 Å². The molecule has 0 unspecified atom stereocenters. The number of hydrogen-bond acceptors (Lipinski definition) is 3. The fraction of sp³-hybridized carbons (Fsp3) is 0.0435. The van der Waals surface area contributed by atoms with E-state index in [1.165, 1.54) is 0 Å². The number of hydrogen-bond donors (Lipinski definition) is 2. The SMILES string of the molecule is Oc1ccc2c(c1)COc1c-2cc2ccc(O)cc2c1-c1cccc(Cl)c1. The quantitative estimate of drug-likeness (QED) is 0.421. The number of fused-ring (bicyclic) bond motifs is 4. The average Bonchev–Trinajstić information content (AvgIpc) is 2.66. The van der Waals surface area contributed by atoms with Crippen molar-refractivity contribution in [2.45, 2.75) is 6.61 Å². The van der Waals surface area contributed by atoms with E-state index >= 15 is 0 Å². The number of benzene rings is 4. The average molecular weight is 375 g/mol. The molecule has 1 aliphatic rings. The van der Waals surface area contributed by atoms with Gasteiger partial charge < -0.3 is 14.9 Å². The van der Waals surface area contributed by atoms with Gasteiger partial charge in [0.05, 0.1) is 0 Å². The molecular weight excluding hydrogens is 360 g/mol. The van der Waals surface area contributed by atoms with Gasteiger partial charge in [0.2, 0.25) is 0 Å². The van der Waals surface area contributed by atoms with Crippen molar-refractivity contribution in [3.05, 3.63) is 77.3 Å². The first-order chi connectivity index (χ1) is 13.1. The lowest BCUT2D eigenvalue weighted by molar-refractivity contribution is 0.303. The lowest BCUT2D eigenvalue weighted by atomic mass is 9.88. The largest absolute Gasteiger partial charge is 0.508 e. The first kappa shape index (κ1) is 16.0. The van der Waals surface area contributed by atoms with Crippen LogP contribution in [0.15, 0.2) is 66.7 Å². The van der Waals surface area contributed by atoms with Gasteiger partial charge in [0.1, 0.15) is 23.9 Å². The van der Waals surface area contributed by atoms with E-state index in [9.17, 15) is 10.2 Å². The van der Waals surface area contributed by atoms with E-state index in [1.807, 2.05) is 36.4 Å². The summed E-state index contributed by atoms with van der Waals surface area (Å²) in [6.45, 7) is 0.370. The fourth-order valence-corrected chi connectivity index (χ4v) is 3.95. The van der Waals surface area contributed by atoms with Crippen molar-refractivity contribution in [1.82, 2.24) is 0 Å². The van der Waals surface area contributed by atoms with Crippen molar-refractivity contribution < 1.29 is 14.9 Å². The molecule has 5 rings (SSSR count). The first-order valence-corrected chi connectivity index (χ1v) is 8.99. The second-order valence-electron chi connectivity index (χ2n) is 6.67. The molecule has 0 aliphatic carbocycles. The summed E-state index contributed by atoms with van der Waals surface area (Å²) in [6, 6.07) is 20.4. The summed E-state index contributed by atoms with van der Waals surface area (Å²) in [6.07, 6.45) is 0. The van der Waals surface area contributed by atoms with Crippen molar-refractivity contribution in [3.63, 3.8) is 0 Å². The molecule has 27 heavy (non-hydrogen) atoms. The summed E-state index contributed by atoms with van der Waals surface area (Å²) in [4.78, 5) is 0. The Morgan fingerprint density at radius 1 is 0.815 bits per heavy atom. The predicted molar refractivity (Wildman–Crippen MR) is 107 cm³/mol. The number of phenolic OH excluding ortho intramolecular Hbond substituents is 2. The van der Waals surface area contributed by atoms with Gasteiger partial charge in [-0.05, 0) is 64.4 Å². The molecule has 1 aliphatic heterocycles. The van der Waals surface area contributed by atoms with E-state index in [0.29, 0.717) is 11.6 Å². The molecule has 0 atom stereocenters. The number of ether oxygens (including phenoxy) is 1. The van der Waals surface area contributed by atoms with E-state index in [-0.39, 0.29) is 11.5 Å². The molecule has 132 valence electrons. The number of aromatic hydroxyl groups is 2. The van der Waals surface area contributed by atoms with E-state index in [0.717, 1.165) is 44.3 Å². The summed E-state index contributed by atoms with van der Waals surface area (Å²) >= 11 is 6.24. The third kappa shape index (κ3) is 2.59. The molecule has 0 radical (unpaired) electrons. The molecule has 0 amide bonds. The second kappa shape index (κ2) is 5.93. The highest BCUT2D eigenvalue weighted by molar-refractivity contribution is 6.31. The van der Waals surface area contributed by atoms with Crippen molar-refractivity contribution in [2.75, 3.05) is 0 Å². The summed E-state index contributed by atoms with van der Waals surface area (Å²) in [5, 5.41) is 22.4. The smallest absolute Gasteiger partial charge is 0.136 e. The van der Waals surface area contributed by atoms with Crippen molar-refractivity contribution in [2.24, 2.45) is 0 Å². The lowest BCUT2D eigenvalue weighted by Gasteiger charge is -2.25. The standard InChI is InChI=1S/C23H15ClO3/c24-16-3-1-2-14(8-16)22-20-11-18(26)5-4-13(20)10-21-19-7-6-17(25)9-15(19)12-27-23(21)22/h1-11,25-26H,12H2. The van der Waals surface area contributed by atoms with E-state index in [1.54, 1.807) is 24.3 Å². The lowest BCUT2D eigenvalue weighted by Crippen LogP contribution is -2.07. The highest BCUT2D eigenvalue weighted by Crippen LogP contribution is 2.49. The third-order valence-electron chi connectivity index (χ3n) is 4.94. The minimum absolute atomic E-state index is 0.201. The summed E-state index contributed by atoms with van der Waals surface area (Å²) in [5.41, 5.74) is 4.77. The van der Waals surface area contributed by atoms with Crippen LogP contribution < -0.4 is 4.74 Å². The molecule has 4 aromatic rings. The van der Waals surface area contributed by atoms with Crippen molar-refractivity contribution in [3.8, 4) is 39.5 Å². The Labute approximate surface area is 161 Å². The maximum Gasteiger partial charge on any atom is 0.136 e. The Bertz CT molecular complexity index is 1210. The predicted octanol–water partition coefficient (Wildman–Crippen LogP) is 6.13. The van der Waals surface area contributed by atoms with Gasteiger partial charge in [-0.15, -0.1) is 0 Å². The first-order valence-electron chi connectivity index (χ1n) is 8.61. The monoisotopic (exact) mass is 374 g/mol. The molecule has 4 aromatic carbocycles. The van der Waals surface area contributed by atoms with Crippen LogP contribution in [0.25, 0.3) is 33.0 Å². The zero-order valence-corrected chi connectivity index (χ0v) is 15.0. The topological polar surface area (TPSA) is 49.7 Å². The van der Waals surface area contributed by atoms with Gasteiger partial charge in [-0.2, -0.15) is 0 Å². The fourth-order valence-electron chi connectivity index (χ4n) is 3.76. The van der Waals surface area contributed by atoms with E-state index in [2.05, 4.69) is 6.07 Å². The molecule has 3 nitrogen and oxygen atoms in total. The minimum Gasteiger partial charge on any atom is -0.508 e. The Balaban J connectivity index is 1.90. The van der Waals surface area contributed by atoms with Gasteiger partial charge in [-0.1, -0.05) is 35.9 Å². The number of rotatable bonds is 1. The van der Waals surface area contributed by atoms with Crippen LogP contribution >= 0.6 is 11.6 Å². The molecule has 0 aromatic heterocycles. The second-order valence-corrected chi connectivity index (χ2v) is 7.11. The highest BCUT2D eigenvalue weighted by atomic mass is 35.5. The zero-order chi connectivity index (χ0) is 18.5. The summed E-state index contributed by atoms with van der Waals surface area (Å²) < 4.78 is 6.14. The molecule has 0 bridgehead atoms. The van der Waals surface area contributed by atoms with Crippen molar-refractivity contribution in [1.29, 1.82) is 0 Å². The molecule has 0 fully saturated rings. The van der Waals surface area contributed by atoms with E-state index < -0.39 is 0 Å². The van der Waals surface area contributed by atoms with Gasteiger partial charge in [0.15, 0.2) is 0 Å². The van der Waals surface area contributed by atoms with Gasteiger partial charge in [0, 0.05) is 21.7 Å². The Morgan fingerprint density at radius 2 is 1.63 bits per heavy atom. The molecule has 1 heterocycles. The Hall–Kier alpha value is -3.17. The zero-order valence-electron chi connectivity index (χ0n) is 14.2. The van der Waals surface area contributed by atoms with Crippen LogP contribution in [0, 0.1) is 0 Å². The van der Waals surface area contributed by atoms with Crippen LogP contribution in [-0.2, 0) is 6.61 Å². The summed E-state index contributed by atoms with van der Waals surface area (Å²) in [5.74, 6) is 1.18. The molecule has 4 heteroatoms. The normalized spacial score (nSPS) is 12.3. The van der Waals surface area contributed by atoms with Crippen LogP contribution in [0.4, 0.5) is 0 Å². The highest BCUT2D eigenvalue weighted by Gasteiger charge is 2.24. The van der Waals surface area contributed by atoms with E-state index in [4.69, 9.17) is 16.3 Å². The van der Waals surface area contributed by atoms with Crippen molar-refractivity contribution >= 4 is 22.4 Å². The van der Waals surface area contributed by atoms with Crippen LogP contribution in [0.3, 0.4) is 0 Å². The maximum absolute atomic E-state index is 10.1. The molecule has 0 saturated carbocycles. The van der Waals surface area contributed by atoms with Crippen LogP contribution in [0.1, 0.15) is 5.56 Å². The number of phenols is 2. The van der Waals surface area contributed by atoms with Gasteiger partial charge in [-0.3, -0.25) is 0 Å².